The first-order chi connectivity index (χ1) is 6.54. The van der Waals surface area contributed by atoms with Gasteiger partial charge in [-0.15, -0.1) is 0 Å². The van der Waals surface area contributed by atoms with Crippen LogP contribution in [-0.2, 0) is 5.41 Å². The van der Waals surface area contributed by atoms with Gasteiger partial charge in [-0.25, -0.2) is 0 Å². The van der Waals surface area contributed by atoms with E-state index in [0.717, 1.165) is 22.1 Å². The van der Waals surface area contributed by atoms with Crippen molar-refractivity contribution in [3.8, 4) is 5.75 Å². The number of hydrogen-bond donors (Lipinski definition) is 0. The molecule has 74 valence electrons. The average Bonchev–Trinajstić information content (AvgIpc) is 2.42. The summed E-state index contributed by atoms with van der Waals surface area (Å²) < 4.78 is 6.47. The number of rotatable bonds is 1. The van der Waals surface area contributed by atoms with E-state index in [2.05, 4.69) is 29.8 Å². The molecule has 1 aliphatic rings. The molecule has 1 aromatic carbocycles. The molecule has 1 aromatic rings. The molecule has 0 atom stereocenters. The maximum atomic E-state index is 10.8. The van der Waals surface area contributed by atoms with Crippen molar-refractivity contribution >= 4 is 22.2 Å². The van der Waals surface area contributed by atoms with Crippen molar-refractivity contribution in [2.24, 2.45) is 0 Å². The number of carbonyl (C=O) groups excluding carboxylic acids is 1. The fourth-order valence-corrected chi connectivity index (χ4v) is 2.17. The van der Waals surface area contributed by atoms with Gasteiger partial charge in [0.05, 0.1) is 12.2 Å². The van der Waals surface area contributed by atoms with E-state index in [9.17, 15) is 4.79 Å². The summed E-state index contributed by atoms with van der Waals surface area (Å²) in [6, 6.07) is 3.81. The van der Waals surface area contributed by atoms with Crippen LogP contribution in [0.1, 0.15) is 29.8 Å². The Hall–Kier alpha value is -0.830. The zero-order valence-corrected chi connectivity index (χ0v) is 9.72. The summed E-state index contributed by atoms with van der Waals surface area (Å²) in [7, 11) is 0. The van der Waals surface area contributed by atoms with Gasteiger partial charge in [-0.3, -0.25) is 4.79 Å². The van der Waals surface area contributed by atoms with Crippen molar-refractivity contribution in [1.29, 1.82) is 0 Å². The number of carbonyl (C=O) groups is 1. The van der Waals surface area contributed by atoms with E-state index in [1.807, 2.05) is 6.07 Å². The predicted molar refractivity (Wildman–Crippen MR) is 58.1 cm³/mol. The molecule has 2 nitrogen and oxygen atoms in total. The number of ether oxygens (including phenoxy) is 1. The molecule has 0 saturated heterocycles. The second-order valence-corrected chi connectivity index (χ2v) is 5.08. The molecule has 0 spiro atoms. The first-order valence-electron chi connectivity index (χ1n) is 4.46. The maximum Gasteiger partial charge on any atom is 0.153 e. The molecule has 1 heterocycles. The van der Waals surface area contributed by atoms with Gasteiger partial charge in [0.2, 0.25) is 0 Å². The summed E-state index contributed by atoms with van der Waals surface area (Å²) in [5.74, 6) is 0.744. The van der Waals surface area contributed by atoms with E-state index in [-0.39, 0.29) is 5.41 Å². The summed E-state index contributed by atoms with van der Waals surface area (Å²) in [5.41, 5.74) is 1.73. The van der Waals surface area contributed by atoms with E-state index >= 15 is 0 Å². The van der Waals surface area contributed by atoms with Crippen molar-refractivity contribution in [3.63, 3.8) is 0 Å². The Morgan fingerprint density at radius 3 is 2.86 bits per heavy atom. The van der Waals surface area contributed by atoms with Crippen LogP contribution in [-0.4, -0.2) is 12.9 Å². The smallest absolute Gasteiger partial charge is 0.153 e. The van der Waals surface area contributed by atoms with E-state index in [1.165, 1.54) is 0 Å². The minimum absolute atomic E-state index is 0.00310. The Morgan fingerprint density at radius 2 is 2.21 bits per heavy atom. The van der Waals surface area contributed by atoms with Crippen LogP contribution < -0.4 is 4.74 Å². The molecule has 0 amide bonds. The van der Waals surface area contributed by atoms with Crippen LogP contribution in [0.4, 0.5) is 0 Å². The molecule has 0 aliphatic carbocycles. The zero-order valence-electron chi connectivity index (χ0n) is 8.13. The van der Waals surface area contributed by atoms with Crippen LogP contribution in [0, 0.1) is 0 Å². The number of benzene rings is 1. The number of aldehydes is 1. The molecule has 0 radical (unpaired) electrons. The topological polar surface area (TPSA) is 26.3 Å². The highest BCUT2D eigenvalue weighted by Gasteiger charge is 2.33. The molecule has 3 heteroatoms. The molecule has 0 bridgehead atoms. The summed E-state index contributed by atoms with van der Waals surface area (Å²) in [6.45, 7) is 4.86. The summed E-state index contributed by atoms with van der Waals surface area (Å²) >= 11 is 3.39. The second-order valence-electron chi connectivity index (χ2n) is 4.16. The lowest BCUT2D eigenvalue weighted by molar-refractivity contribution is 0.112. The van der Waals surface area contributed by atoms with Gasteiger partial charge < -0.3 is 4.74 Å². The summed E-state index contributed by atoms with van der Waals surface area (Å²) in [4.78, 5) is 10.8. The first kappa shape index (κ1) is 9.71. The molecule has 14 heavy (non-hydrogen) atoms. The molecule has 0 unspecified atom stereocenters. The highest BCUT2D eigenvalue weighted by Crippen LogP contribution is 2.41. The molecule has 0 saturated carbocycles. The summed E-state index contributed by atoms with van der Waals surface area (Å²) in [6.07, 6.45) is 0.838. The van der Waals surface area contributed by atoms with Gasteiger partial charge in [0.25, 0.3) is 0 Å². The van der Waals surface area contributed by atoms with Gasteiger partial charge in [0.15, 0.2) is 6.29 Å². The van der Waals surface area contributed by atoms with Gasteiger partial charge in [0, 0.05) is 15.5 Å². The summed E-state index contributed by atoms with van der Waals surface area (Å²) in [5, 5.41) is 0. The van der Waals surface area contributed by atoms with Gasteiger partial charge in [-0.1, -0.05) is 29.8 Å². The lowest BCUT2D eigenvalue weighted by atomic mass is 9.86. The highest BCUT2D eigenvalue weighted by atomic mass is 79.9. The molecule has 0 fully saturated rings. The molecule has 0 aromatic heterocycles. The molecular formula is C11H11BrO2. The third-order valence-electron chi connectivity index (χ3n) is 2.52. The minimum atomic E-state index is -0.00310. The van der Waals surface area contributed by atoms with E-state index in [4.69, 9.17) is 4.74 Å². The van der Waals surface area contributed by atoms with E-state index < -0.39 is 0 Å². The Morgan fingerprint density at radius 1 is 1.50 bits per heavy atom. The first-order valence-corrected chi connectivity index (χ1v) is 5.26. The van der Waals surface area contributed by atoms with Crippen molar-refractivity contribution in [3.05, 3.63) is 27.7 Å². The Bertz CT molecular complexity index is 397. The highest BCUT2D eigenvalue weighted by molar-refractivity contribution is 9.10. The van der Waals surface area contributed by atoms with Crippen molar-refractivity contribution in [1.82, 2.24) is 0 Å². The van der Waals surface area contributed by atoms with Crippen molar-refractivity contribution < 1.29 is 9.53 Å². The largest absolute Gasteiger partial charge is 0.492 e. The minimum Gasteiger partial charge on any atom is -0.492 e. The van der Waals surface area contributed by atoms with Crippen LogP contribution in [0.25, 0.3) is 0 Å². The Kier molecular flexibility index (Phi) is 2.14. The fraction of sp³-hybridized carbons (Fsp3) is 0.364. The third kappa shape index (κ3) is 1.36. The third-order valence-corrected chi connectivity index (χ3v) is 2.97. The molecule has 2 rings (SSSR count). The molecule has 0 N–H and O–H groups in total. The van der Waals surface area contributed by atoms with Crippen LogP contribution in [0.5, 0.6) is 5.75 Å². The quantitative estimate of drug-likeness (QED) is 0.721. The molecular weight excluding hydrogens is 244 g/mol. The standard InChI is InChI=1S/C11H11BrO2/c1-11(2)6-14-10-7(5-13)3-8(12)4-9(10)11/h3-5H,6H2,1-2H3. The van der Waals surface area contributed by atoms with E-state index in [1.54, 1.807) is 6.07 Å². The maximum absolute atomic E-state index is 10.8. The average molecular weight is 255 g/mol. The SMILES string of the molecule is CC1(C)COc2c(C=O)cc(Br)cc21. The number of halogens is 1. The fourth-order valence-electron chi connectivity index (χ4n) is 1.70. The van der Waals surface area contributed by atoms with Crippen LogP contribution in [0.15, 0.2) is 16.6 Å². The van der Waals surface area contributed by atoms with E-state index in [0.29, 0.717) is 12.2 Å². The van der Waals surface area contributed by atoms with Gasteiger partial charge in [0.1, 0.15) is 5.75 Å². The van der Waals surface area contributed by atoms with Crippen molar-refractivity contribution in [2.75, 3.05) is 6.61 Å². The number of hydrogen-bond acceptors (Lipinski definition) is 2. The van der Waals surface area contributed by atoms with Gasteiger partial charge in [-0.2, -0.15) is 0 Å². The zero-order chi connectivity index (χ0) is 10.3. The Balaban J connectivity index is 2.67. The van der Waals surface area contributed by atoms with Crippen molar-refractivity contribution in [2.45, 2.75) is 19.3 Å². The lowest BCUT2D eigenvalue weighted by Gasteiger charge is -2.15. The number of fused-ring (bicyclic) bond motifs is 1. The van der Waals surface area contributed by atoms with Crippen LogP contribution in [0.2, 0.25) is 0 Å². The van der Waals surface area contributed by atoms with Crippen LogP contribution >= 0.6 is 15.9 Å². The predicted octanol–water partition coefficient (Wildman–Crippen LogP) is 2.93. The second kappa shape index (κ2) is 3.09. The monoisotopic (exact) mass is 254 g/mol. The Labute approximate surface area is 91.4 Å². The van der Waals surface area contributed by atoms with Gasteiger partial charge >= 0.3 is 0 Å². The van der Waals surface area contributed by atoms with Gasteiger partial charge in [-0.05, 0) is 12.1 Å². The lowest BCUT2D eigenvalue weighted by Crippen LogP contribution is -2.18. The van der Waals surface area contributed by atoms with Crippen LogP contribution in [0.3, 0.4) is 0 Å². The normalized spacial score (nSPS) is 17.4. The molecule has 1 aliphatic heterocycles.